The van der Waals surface area contributed by atoms with Gasteiger partial charge in [0, 0.05) is 18.2 Å². The fourth-order valence-electron chi connectivity index (χ4n) is 1.59. The lowest BCUT2D eigenvalue weighted by Crippen LogP contribution is -2.10. The topological polar surface area (TPSA) is 25.2 Å². The Kier molecular flexibility index (Phi) is 2.08. The molecule has 1 aliphatic carbocycles. The Morgan fingerprint density at radius 3 is 2.77 bits per heavy atom. The first kappa shape index (κ1) is 8.70. The Morgan fingerprint density at radius 1 is 1.54 bits per heavy atom. The average Bonchev–Trinajstić information content (AvgIpc) is 2.87. The Bertz CT molecular complexity index is 314. The summed E-state index contributed by atoms with van der Waals surface area (Å²) in [6, 6.07) is 3.87. The molecule has 0 amide bonds. The van der Waals surface area contributed by atoms with Crippen LogP contribution in [0.1, 0.15) is 18.4 Å². The zero-order chi connectivity index (χ0) is 9.31. The number of hydrogen-bond acceptors (Lipinski definition) is 2. The van der Waals surface area contributed by atoms with Crippen molar-refractivity contribution in [2.45, 2.75) is 18.3 Å². The standard InChI is InChI=1S/C10H11ClN2/c1-12-7-10(4-5-10)8-2-3-9(11)13-6-8/h2-3,6H,1,4-5,7H2. The Balaban J connectivity index is 2.25. The first-order valence-electron chi connectivity index (χ1n) is 4.31. The van der Waals surface area contributed by atoms with Crippen LogP contribution < -0.4 is 0 Å². The van der Waals surface area contributed by atoms with E-state index in [4.69, 9.17) is 11.6 Å². The molecule has 3 heteroatoms. The van der Waals surface area contributed by atoms with Crippen molar-refractivity contribution in [2.75, 3.05) is 6.54 Å². The van der Waals surface area contributed by atoms with E-state index in [-0.39, 0.29) is 5.41 Å². The van der Waals surface area contributed by atoms with Gasteiger partial charge < -0.3 is 4.99 Å². The highest BCUT2D eigenvalue weighted by atomic mass is 35.5. The van der Waals surface area contributed by atoms with Crippen molar-refractivity contribution in [3.05, 3.63) is 29.0 Å². The van der Waals surface area contributed by atoms with Crippen LogP contribution in [0.3, 0.4) is 0 Å². The Hall–Kier alpha value is -0.890. The number of aliphatic imine (C=N–C) groups is 1. The molecule has 1 fully saturated rings. The molecule has 0 spiro atoms. The van der Waals surface area contributed by atoms with Gasteiger partial charge in [-0.15, -0.1) is 0 Å². The maximum absolute atomic E-state index is 5.71. The lowest BCUT2D eigenvalue weighted by atomic mass is 9.98. The molecule has 1 heterocycles. The first-order chi connectivity index (χ1) is 6.27. The molecule has 2 rings (SSSR count). The normalized spacial score (nSPS) is 18.2. The van der Waals surface area contributed by atoms with Gasteiger partial charge in [-0.3, -0.25) is 0 Å². The second-order valence-corrected chi connectivity index (χ2v) is 3.92. The van der Waals surface area contributed by atoms with Crippen molar-refractivity contribution in [1.82, 2.24) is 4.98 Å². The van der Waals surface area contributed by atoms with Gasteiger partial charge in [-0.25, -0.2) is 4.98 Å². The summed E-state index contributed by atoms with van der Waals surface area (Å²) in [5.74, 6) is 0. The molecule has 2 nitrogen and oxygen atoms in total. The summed E-state index contributed by atoms with van der Waals surface area (Å²) in [5.41, 5.74) is 1.48. The van der Waals surface area contributed by atoms with E-state index in [2.05, 4.69) is 16.7 Å². The molecule has 13 heavy (non-hydrogen) atoms. The Morgan fingerprint density at radius 2 is 2.31 bits per heavy atom. The minimum atomic E-state index is 0.235. The highest BCUT2D eigenvalue weighted by molar-refractivity contribution is 6.29. The SMILES string of the molecule is C=NCC1(c2ccc(Cl)nc2)CC1. The van der Waals surface area contributed by atoms with E-state index in [1.54, 1.807) is 0 Å². The fraction of sp³-hybridized carbons (Fsp3) is 0.400. The monoisotopic (exact) mass is 194 g/mol. The molecule has 0 aromatic carbocycles. The summed E-state index contributed by atoms with van der Waals surface area (Å²) >= 11 is 5.71. The highest BCUT2D eigenvalue weighted by Crippen LogP contribution is 2.48. The molecule has 68 valence electrons. The third kappa shape index (κ3) is 1.59. The van der Waals surface area contributed by atoms with Crippen molar-refractivity contribution in [1.29, 1.82) is 0 Å². The van der Waals surface area contributed by atoms with Gasteiger partial charge >= 0.3 is 0 Å². The summed E-state index contributed by atoms with van der Waals surface area (Å²) in [6.45, 7) is 4.33. The molecular weight excluding hydrogens is 184 g/mol. The molecule has 0 unspecified atom stereocenters. The third-order valence-electron chi connectivity index (χ3n) is 2.61. The Labute approximate surface area is 82.7 Å². The molecule has 0 aliphatic heterocycles. The van der Waals surface area contributed by atoms with Gasteiger partial charge in [-0.05, 0) is 31.2 Å². The van der Waals surface area contributed by atoms with Gasteiger partial charge in [0.05, 0.1) is 0 Å². The van der Waals surface area contributed by atoms with Crippen LogP contribution in [0.15, 0.2) is 23.3 Å². The van der Waals surface area contributed by atoms with E-state index in [1.807, 2.05) is 18.3 Å². The summed E-state index contributed by atoms with van der Waals surface area (Å²) in [4.78, 5) is 8.03. The molecular formula is C10H11ClN2. The van der Waals surface area contributed by atoms with E-state index in [9.17, 15) is 0 Å². The third-order valence-corrected chi connectivity index (χ3v) is 2.83. The molecule has 1 saturated carbocycles. The minimum absolute atomic E-state index is 0.235. The summed E-state index contributed by atoms with van der Waals surface area (Å²) in [7, 11) is 0. The highest BCUT2D eigenvalue weighted by Gasteiger charge is 2.43. The second-order valence-electron chi connectivity index (χ2n) is 3.53. The van der Waals surface area contributed by atoms with Gasteiger partial charge in [0.15, 0.2) is 0 Å². The molecule has 1 aliphatic rings. The van der Waals surface area contributed by atoms with Gasteiger partial charge in [-0.1, -0.05) is 17.7 Å². The molecule has 1 aromatic rings. The largest absolute Gasteiger partial charge is 0.300 e. The van der Waals surface area contributed by atoms with Crippen LogP contribution in [0, 0.1) is 0 Å². The molecule has 0 N–H and O–H groups in total. The van der Waals surface area contributed by atoms with E-state index >= 15 is 0 Å². The molecule has 0 atom stereocenters. The van der Waals surface area contributed by atoms with Crippen molar-refractivity contribution < 1.29 is 0 Å². The van der Waals surface area contributed by atoms with Gasteiger partial charge in [0.2, 0.25) is 0 Å². The average molecular weight is 195 g/mol. The first-order valence-corrected chi connectivity index (χ1v) is 4.69. The number of nitrogens with zero attached hydrogens (tertiary/aromatic N) is 2. The van der Waals surface area contributed by atoms with Crippen molar-refractivity contribution >= 4 is 18.3 Å². The van der Waals surface area contributed by atoms with E-state index in [0.29, 0.717) is 5.15 Å². The van der Waals surface area contributed by atoms with Gasteiger partial charge in [0.1, 0.15) is 5.15 Å². The van der Waals surface area contributed by atoms with Crippen molar-refractivity contribution in [3.63, 3.8) is 0 Å². The van der Waals surface area contributed by atoms with Crippen LogP contribution in [0.5, 0.6) is 0 Å². The van der Waals surface area contributed by atoms with Crippen molar-refractivity contribution in [3.8, 4) is 0 Å². The number of aromatic nitrogens is 1. The molecule has 0 radical (unpaired) electrons. The quantitative estimate of drug-likeness (QED) is 0.536. The lowest BCUT2D eigenvalue weighted by molar-refractivity contribution is 0.705. The number of hydrogen-bond donors (Lipinski definition) is 0. The predicted octanol–water partition coefficient (Wildman–Crippen LogP) is 2.47. The number of pyridine rings is 1. The van der Waals surface area contributed by atoms with Crippen LogP contribution in [0.4, 0.5) is 0 Å². The van der Waals surface area contributed by atoms with E-state index in [1.165, 1.54) is 18.4 Å². The molecule has 0 saturated heterocycles. The van der Waals surface area contributed by atoms with Crippen molar-refractivity contribution in [2.24, 2.45) is 4.99 Å². The van der Waals surface area contributed by atoms with Crippen LogP contribution in [0.2, 0.25) is 5.15 Å². The summed E-state index contributed by atoms with van der Waals surface area (Å²) in [5, 5.41) is 0.547. The zero-order valence-corrected chi connectivity index (χ0v) is 8.09. The maximum atomic E-state index is 5.71. The molecule has 1 aromatic heterocycles. The lowest BCUT2D eigenvalue weighted by Gasteiger charge is -2.11. The van der Waals surface area contributed by atoms with Gasteiger partial charge in [0.25, 0.3) is 0 Å². The second kappa shape index (κ2) is 3.11. The van der Waals surface area contributed by atoms with Crippen LogP contribution in [-0.4, -0.2) is 18.2 Å². The van der Waals surface area contributed by atoms with Crippen LogP contribution in [-0.2, 0) is 5.41 Å². The smallest absolute Gasteiger partial charge is 0.129 e. The predicted molar refractivity (Wildman–Crippen MR) is 54.6 cm³/mol. The van der Waals surface area contributed by atoms with Crippen LogP contribution >= 0.6 is 11.6 Å². The molecule has 0 bridgehead atoms. The minimum Gasteiger partial charge on any atom is -0.300 e. The summed E-state index contributed by atoms with van der Waals surface area (Å²) in [6.07, 6.45) is 4.23. The van der Waals surface area contributed by atoms with E-state index in [0.717, 1.165) is 6.54 Å². The van der Waals surface area contributed by atoms with Crippen LogP contribution in [0.25, 0.3) is 0 Å². The summed E-state index contributed by atoms with van der Waals surface area (Å²) < 4.78 is 0. The fourth-order valence-corrected chi connectivity index (χ4v) is 1.70. The number of rotatable bonds is 3. The maximum Gasteiger partial charge on any atom is 0.129 e. The number of halogens is 1. The zero-order valence-electron chi connectivity index (χ0n) is 7.33. The van der Waals surface area contributed by atoms with Gasteiger partial charge in [-0.2, -0.15) is 0 Å². The van der Waals surface area contributed by atoms with E-state index < -0.39 is 0 Å².